The molecular formula is C79H114N24O21S2. The van der Waals surface area contributed by atoms with E-state index in [9.17, 15) is 86.9 Å². The zero-order valence-electron chi connectivity index (χ0n) is 69.9. The van der Waals surface area contributed by atoms with Crippen LogP contribution in [0.3, 0.4) is 0 Å². The van der Waals surface area contributed by atoms with Crippen molar-refractivity contribution in [3.8, 4) is 5.75 Å². The Bertz CT molecular complexity index is 4680. The van der Waals surface area contributed by atoms with Crippen LogP contribution in [0.5, 0.6) is 5.75 Å². The maximum atomic E-state index is 15.2. The molecule has 0 fully saturated rings. The van der Waals surface area contributed by atoms with Gasteiger partial charge in [0.05, 0.1) is 25.7 Å². The van der Waals surface area contributed by atoms with Gasteiger partial charge in [0.2, 0.25) is 106 Å². The number of phenols is 1. The molecule has 0 unspecified atom stereocenters. The van der Waals surface area contributed by atoms with Crippen molar-refractivity contribution in [1.82, 2.24) is 89.7 Å². The number of aliphatic hydroxyl groups excluding tert-OH is 1. The zero-order valence-corrected chi connectivity index (χ0v) is 71.7. The smallest absolute Gasteiger partial charge is 0.246 e. The first-order valence-corrected chi connectivity index (χ1v) is 41.3. The molecule has 45 nitrogen and oxygen atoms in total. The van der Waals surface area contributed by atoms with E-state index in [0.717, 1.165) is 13.8 Å². The molecule has 2 heterocycles. The fourth-order valence-electron chi connectivity index (χ4n) is 12.6. The number of aromatic nitrogens is 2. The number of aliphatic hydroxyl groups is 1. The van der Waals surface area contributed by atoms with Crippen molar-refractivity contribution in [2.24, 2.45) is 34.4 Å². The van der Waals surface area contributed by atoms with E-state index in [1.807, 2.05) is 0 Å². The van der Waals surface area contributed by atoms with E-state index in [2.05, 4.69) is 115 Å². The first-order chi connectivity index (χ1) is 59.6. The Morgan fingerprint density at radius 3 is 1.42 bits per heavy atom. The molecule has 0 saturated carbocycles. The van der Waals surface area contributed by atoms with Crippen molar-refractivity contribution in [3.05, 3.63) is 102 Å². The van der Waals surface area contributed by atoms with Crippen molar-refractivity contribution in [3.63, 3.8) is 0 Å². The van der Waals surface area contributed by atoms with E-state index in [-0.39, 0.29) is 63.3 Å². The van der Waals surface area contributed by atoms with Crippen LogP contribution in [-0.4, -0.2) is 261 Å². The highest BCUT2D eigenvalue weighted by molar-refractivity contribution is 7.80. The van der Waals surface area contributed by atoms with Crippen LogP contribution in [0.15, 0.2) is 85.2 Å². The number of primary amides is 4. The normalized spacial score (nSPS) is 14.0. The quantitative estimate of drug-likeness (QED) is 0.00744. The predicted octanol–water partition coefficient (Wildman–Crippen LogP) is -7.60. The second-order valence-corrected chi connectivity index (χ2v) is 30.7. The number of phenolic OH excluding ortho intramolecular Hbond substituents is 1. The molecule has 2 aromatic heterocycles. The van der Waals surface area contributed by atoms with E-state index >= 15 is 9.59 Å². The van der Waals surface area contributed by atoms with E-state index in [1.165, 1.54) is 44.3 Å². The average molecular weight is 1800 g/mol. The van der Waals surface area contributed by atoms with Gasteiger partial charge in [-0.15, -0.1) is 0 Å². The number of benzene rings is 3. The number of ether oxygens (including phenoxy) is 1. The second kappa shape index (κ2) is 51.8. The van der Waals surface area contributed by atoms with Gasteiger partial charge >= 0.3 is 0 Å². The van der Waals surface area contributed by atoms with Gasteiger partial charge in [-0.2, -0.15) is 25.3 Å². The standard InChI is InChI=1S/C79H114N24O21S2/c1-40(104)65(102-69(115)53(23-25-61(82)108)96-73(119)58(38-125)92-41(2)105)76(122)99-56(32-44-35-90-49-15-8-6-13-47(44)49)72(118)95-52(22-24-60(81)107)68(114)100-59(39-126)74(120)97-54(30-42-18-20-45(106)21-19-42)70(116)98-55(31-43-34-89-48-14-7-5-12-46(43)48)71(117)94-51(17-11-27-88-78(85)86)75(121)103-79(3,4)77(123)101-57(33-62(83)109)67(113)91-36-63(110)87-28-29-124-37-64(111)93-50(66(84)112)16-9-10-26-80/h5-8,12-15,18-21,34-35,40,50-59,65,89-90,104,106,125-126H,9-11,16-17,22-33,36-39,80H2,1-4H3,(H2,81,107)(H2,82,108)(H2,83,109)(H2,84,112)(H,87,110)(H,91,113)(H,92,105)(H,93,111)(H,94,117)(H,95,118)(H,96,119)(H,97,120)(H,98,116)(H,99,122)(H,100,114)(H,101,123)(H,102,115)(H,103,121)(H4,85,86,88)/t40-,50-,51+,52+,53+,54+,55+,56+,57+,58+,59+,65+/m1/s1. The summed E-state index contributed by atoms with van der Waals surface area (Å²) in [6, 6.07) is 1.23. The van der Waals surface area contributed by atoms with Gasteiger partial charge in [-0.1, -0.05) is 48.5 Å². The van der Waals surface area contributed by atoms with Crippen LogP contribution < -0.4 is 114 Å². The molecule has 0 aliphatic rings. The molecule has 0 aliphatic heterocycles. The van der Waals surface area contributed by atoms with Crippen LogP contribution in [0.1, 0.15) is 109 Å². The van der Waals surface area contributed by atoms with Gasteiger partial charge in [0.25, 0.3) is 0 Å². The monoisotopic (exact) mass is 1800 g/mol. The maximum Gasteiger partial charge on any atom is 0.246 e. The Labute approximate surface area is 734 Å². The molecule has 0 spiro atoms. The highest BCUT2D eigenvalue weighted by atomic mass is 32.1. The van der Waals surface area contributed by atoms with E-state index in [1.54, 1.807) is 54.7 Å². The molecule has 126 heavy (non-hydrogen) atoms. The first kappa shape index (κ1) is 103. The van der Waals surface area contributed by atoms with Crippen molar-refractivity contribution in [2.75, 3.05) is 50.9 Å². The number of guanidine groups is 1. The zero-order chi connectivity index (χ0) is 93.5. The fraction of sp³-hybridized carbons (Fsp3) is 0.481. The van der Waals surface area contributed by atoms with Gasteiger partial charge in [-0.05, 0) is 113 Å². The number of fused-ring (bicyclic) bond motifs is 2. The average Bonchev–Trinajstić information content (AvgIpc) is 1.65. The van der Waals surface area contributed by atoms with Gasteiger partial charge in [-0.3, -0.25) is 91.7 Å². The van der Waals surface area contributed by atoms with E-state index in [4.69, 9.17) is 44.5 Å². The van der Waals surface area contributed by atoms with E-state index < -0.39 is 248 Å². The van der Waals surface area contributed by atoms with Crippen molar-refractivity contribution in [1.29, 1.82) is 5.41 Å². The summed E-state index contributed by atoms with van der Waals surface area (Å²) < 4.78 is 5.27. The van der Waals surface area contributed by atoms with Crippen molar-refractivity contribution >= 4 is 159 Å². The number of H-pyrrole nitrogens is 2. The minimum Gasteiger partial charge on any atom is -0.508 e. The van der Waals surface area contributed by atoms with Crippen LogP contribution in [0, 0.1) is 5.41 Å². The highest BCUT2D eigenvalue weighted by Crippen LogP contribution is 2.23. The lowest BCUT2D eigenvalue weighted by Crippen LogP contribution is -2.63. The van der Waals surface area contributed by atoms with Crippen molar-refractivity contribution < 1.29 is 101 Å². The largest absolute Gasteiger partial charge is 0.508 e. The number of unbranched alkanes of at least 4 members (excludes halogenated alkanes) is 1. The van der Waals surface area contributed by atoms with Gasteiger partial charge in [0, 0.05) is 97.8 Å². The predicted molar refractivity (Wildman–Crippen MR) is 463 cm³/mol. The topological polar surface area (TPSA) is 749 Å². The number of carbonyl (C=O) groups is 18. The summed E-state index contributed by atoms with van der Waals surface area (Å²) in [6.45, 7) is 3.42. The minimum absolute atomic E-state index is 0.00442. The number of hydrogen-bond acceptors (Lipinski definition) is 25. The Morgan fingerprint density at radius 1 is 0.476 bits per heavy atom. The highest BCUT2D eigenvalue weighted by Gasteiger charge is 2.40. The molecule has 0 aliphatic carbocycles. The fourth-order valence-corrected chi connectivity index (χ4v) is 13.1. The third kappa shape index (κ3) is 35.2. The van der Waals surface area contributed by atoms with Gasteiger partial charge < -0.3 is 139 Å². The number of nitrogens with two attached hydrogens (primary N) is 6. The Kier molecular flexibility index (Phi) is 42.5. The number of nitrogens with one attached hydrogen (secondary N) is 18. The number of thiol groups is 2. The molecule has 32 N–H and O–H groups in total. The number of rotatable bonds is 56. The Morgan fingerprint density at radius 2 is 0.937 bits per heavy atom. The number of amides is 18. The third-order valence-electron chi connectivity index (χ3n) is 19.4. The molecule has 5 rings (SSSR count). The lowest BCUT2D eigenvalue weighted by atomic mass is 9.99. The summed E-state index contributed by atoms with van der Waals surface area (Å²) in [7, 11) is 0. The first-order valence-electron chi connectivity index (χ1n) is 40.1. The molecule has 12 atom stereocenters. The SMILES string of the molecule is CC(=O)N[C@@H](CS)C(=O)N[C@@H](CCC(N)=O)C(=O)N[C@H](C(=O)N[C@@H](Cc1c[nH]c2ccccc12)C(=O)N[C@@H](CCC(N)=O)C(=O)N[C@@H](CS)C(=O)N[C@@H](Cc1ccc(O)cc1)C(=O)N[C@@H](Cc1c[nH]c2ccccc12)C(=O)N[C@@H](CCCNC(=N)N)C(=O)NC(C)(C)C(=O)N[C@@H](CC(N)=O)C(=O)NCC(=O)NCCOCC(=O)N[C@H](CCCCN)C(N)=O)[C@@H](C)O. The van der Waals surface area contributed by atoms with Crippen LogP contribution in [-0.2, 0) is 110 Å². The lowest BCUT2D eigenvalue weighted by molar-refractivity contribution is -0.137. The minimum atomic E-state index is -2.02. The summed E-state index contributed by atoms with van der Waals surface area (Å²) in [5.74, 6) is -19.1. The number of hydrogen-bond donors (Lipinski definition) is 28. The summed E-state index contributed by atoms with van der Waals surface area (Å²) in [4.78, 5) is 251. The van der Waals surface area contributed by atoms with Crippen LogP contribution in [0.25, 0.3) is 21.8 Å². The molecule has 0 bridgehead atoms. The molecule has 0 saturated heterocycles. The summed E-state index contributed by atoms with van der Waals surface area (Å²) in [5, 5.41) is 67.4. The third-order valence-corrected chi connectivity index (χ3v) is 20.1. The molecular weight excluding hydrogens is 1690 g/mol. The Hall–Kier alpha value is -13.1. The van der Waals surface area contributed by atoms with E-state index in [0.29, 0.717) is 57.9 Å². The Balaban J connectivity index is 1.41. The van der Waals surface area contributed by atoms with Gasteiger partial charge in [0.1, 0.15) is 84.4 Å². The summed E-state index contributed by atoms with van der Waals surface area (Å²) in [6.07, 6.45) is -1.54. The van der Waals surface area contributed by atoms with Gasteiger partial charge in [-0.25, -0.2) is 0 Å². The molecule has 3 aromatic carbocycles. The van der Waals surface area contributed by atoms with Crippen molar-refractivity contribution in [2.45, 2.75) is 189 Å². The molecule has 0 radical (unpaired) electrons. The van der Waals surface area contributed by atoms with Crippen LogP contribution >= 0.6 is 25.3 Å². The molecule has 5 aromatic rings. The van der Waals surface area contributed by atoms with Crippen LogP contribution in [0.4, 0.5) is 0 Å². The summed E-state index contributed by atoms with van der Waals surface area (Å²) in [5.41, 5.74) is 33.2. The molecule has 688 valence electrons. The molecule has 47 heteroatoms. The molecule has 18 amide bonds. The summed E-state index contributed by atoms with van der Waals surface area (Å²) >= 11 is 8.46. The maximum absolute atomic E-state index is 15.2. The number of aromatic amines is 2. The number of aromatic hydroxyl groups is 1. The number of carbonyl (C=O) groups excluding carboxylic acids is 18. The lowest BCUT2D eigenvalue weighted by Gasteiger charge is -2.30. The second-order valence-electron chi connectivity index (χ2n) is 30.0. The van der Waals surface area contributed by atoms with Crippen LogP contribution in [0.2, 0.25) is 0 Å². The van der Waals surface area contributed by atoms with Gasteiger partial charge in [0.15, 0.2) is 5.96 Å². The number of para-hydroxylation sites is 2.